The van der Waals surface area contributed by atoms with Crippen molar-refractivity contribution in [2.75, 3.05) is 12.1 Å². The summed E-state index contributed by atoms with van der Waals surface area (Å²) in [5.41, 5.74) is -0.416. The van der Waals surface area contributed by atoms with E-state index in [1.165, 1.54) is 12.0 Å². The third-order valence-corrected chi connectivity index (χ3v) is 11.0. The fourth-order valence-electron chi connectivity index (χ4n) is 7.47. The predicted octanol–water partition coefficient (Wildman–Crippen LogP) is 3.98. The molecule has 9 atom stereocenters. The number of carbonyl (C=O) groups is 2. The molecule has 2 aromatic rings. The Labute approximate surface area is 259 Å². The standard InChI is InChI=1S/C31H38ClN3O7S/c1-6-24-33-23(14-43-24)18-11-10-16(3)31(39)20(18)12-15(2)26(40-17(4)36)27(31)41-28(37)22-13-30(38)19-8-7-9-21(32)25(19)35(5)42-29(30)34-22/h7-9,12,14,16,18,20,22,26-27,29,34,38-39H,6,10-11,13H2,1-5H3/t16-,18-,20-,22+,26-,27+,29-,30-,31-/m1/s1. The zero-order valence-electron chi connectivity index (χ0n) is 24.9. The maximum Gasteiger partial charge on any atom is 0.323 e. The van der Waals surface area contributed by atoms with Crippen molar-refractivity contribution in [3.8, 4) is 0 Å². The number of benzene rings is 1. The van der Waals surface area contributed by atoms with E-state index in [-0.39, 0.29) is 18.3 Å². The number of thiazole rings is 1. The number of fused-ring (bicyclic) bond motifs is 4. The van der Waals surface area contributed by atoms with Crippen LogP contribution >= 0.6 is 22.9 Å². The molecule has 0 spiro atoms. The number of para-hydroxylation sites is 1. The van der Waals surface area contributed by atoms with Crippen LogP contribution in [0, 0.1) is 11.8 Å². The van der Waals surface area contributed by atoms with Gasteiger partial charge in [0.2, 0.25) is 0 Å². The van der Waals surface area contributed by atoms with Crippen molar-refractivity contribution in [2.24, 2.45) is 11.8 Å². The molecular formula is C31H38ClN3O7S. The molecule has 10 nitrogen and oxygen atoms in total. The Morgan fingerprint density at radius 1 is 1.28 bits per heavy atom. The number of rotatable bonds is 5. The molecule has 2 fully saturated rings. The minimum Gasteiger partial charge on any atom is -0.454 e. The smallest absolute Gasteiger partial charge is 0.323 e. The van der Waals surface area contributed by atoms with Crippen LogP contribution < -0.4 is 10.4 Å². The van der Waals surface area contributed by atoms with Gasteiger partial charge in [-0.2, -0.15) is 0 Å². The Morgan fingerprint density at radius 2 is 2.05 bits per heavy atom. The fraction of sp³-hybridized carbons (Fsp3) is 0.581. The minimum atomic E-state index is -1.56. The van der Waals surface area contributed by atoms with E-state index in [0.717, 1.165) is 23.5 Å². The summed E-state index contributed by atoms with van der Waals surface area (Å²) in [6, 6.07) is 4.23. The Kier molecular flexibility index (Phi) is 7.88. The van der Waals surface area contributed by atoms with Gasteiger partial charge >= 0.3 is 11.9 Å². The molecule has 1 saturated carbocycles. The molecule has 0 unspecified atom stereocenters. The fourth-order valence-corrected chi connectivity index (χ4v) is 8.57. The van der Waals surface area contributed by atoms with Crippen molar-refractivity contribution < 1.29 is 34.1 Å². The summed E-state index contributed by atoms with van der Waals surface area (Å²) in [5.74, 6) is -2.00. The number of nitrogens with one attached hydrogen (secondary N) is 1. The van der Waals surface area contributed by atoms with E-state index in [9.17, 15) is 19.8 Å². The highest BCUT2D eigenvalue weighted by Crippen LogP contribution is 2.54. The normalized spacial score (nSPS) is 36.7. The molecule has 0 bridgehead atoms. The van der Waals surface area contributed by atoms with E-state index < -0.39 is 53.5 Å². The molecule has 1 aromatic heterocycles. The van der Waals surface area contributed by atoms with E-state index in [1.807, 2.05) is 25.3 Å². The third kappa shape index (κ3) is 4.89. The van der Waals surface area contributed by atoms with E-state index in [1.54, 1.807) is 36.6 Å². The van der Waals surface area contributed by atoms with Crippen molar-refractivity contribution in [2.45, 2.75) is 95.0 Å². The average Bonchev–Trinajstić information content (AvgIpc) is 3.57. The Morgan fingerprint density at radius 3 is 2.74 bits per heavy atom. The molecule has 0 radical (unpaired) electrons. The molecular weight excluding hydrogens is 594 g/mol. The minimum absolute atomic E-state index is 0.0455. The zero-order chi connectivity index (χ0) is 30.8. The lowest BCUT2D eigenvalue weighted by Gasteiger charge is -2.54. The molecule has 2 aliphatic heterocycles. The number of carbonyl (C=O) groups excluding carboxylic acids is 2. The van der Waals surface area contributed by atoms with Crippen LogP contribution in [0.2, 0.25) is 5.02 Å². The topological polar surface area (TPSA) is 130 Å². The maximum atomic E-state index is 13.9. The SMILES string of the molecule is CCc1nc([C@@H]2CC[C@@H](C)[C@@]3(O)[C@@H]2C=C(C)[C@@H](OC(C)=O)[C@@H]3OC(=O)[C@@H]2C[C@@]3(O)c4cccc(Cl)c4N(C)O[C@H]3N2)cs1. The number of anilines is 1. The van der Waals surface area contributed by atoms with Crippen molar-refractivity contribution in [3.05, 3.63) is 56.5 Å². The summed E-state index contributed by atoms with van der Waals surface area (Å²) < 4.78 is 11.9. The van der Waals surface area contributed by atoms with Gasteiger partial charge < -0.3 is 19.7 Å². The lowest BCUT2D eigenvalue weighted by molar-refractivity contribution is -0.219. The molecule has 1 saturated heterocycles. The number of hydrogen-bond acceptors (Lipinski definition) is 11. The zero-order valence-corrected chi connectivity index (χ0v) is 26.4. The van der Waals surface area contributed by atoms with Gasteiger partial charge in [-0.1, -0.05) is 43.7 Å². The molecule has 1 aromatic carbocycles. The van der Waals surface area contributed by atoms with Crippen molar-refractivity contribution in [1.29, 1.82) is 0 Å². The van der Waals surface area contributed by atoms with Gasteiger partial charge in [0.05, 0.1) is 21.4 Å². The van der Waals surface area contributed by atoms with Gasteiger partial charge in [-0.15, -0.1) is 11.3 Å². The second-order valence-corrected chi connectivity index (χ2v) is 13.6. The van der Waals surface area contributed by atoms with Crippen LogP contribution in [-0.2, 0) is 35.9 Å². The highest BCUT2D eigenvalue weighted by Gasteiger charge is 2.62. The molecule has 4 aliphatic rings. The molecule has 2 aliphatic carbocycles. The van der Waals surface area contributed by atoms with Crippen LogP contribution in [0.25, 0.3) is 0 Å². The number of hydrogen-bond donors (Lipinski definition) is 3. The number of aliphatic hydroxyl groups is 2. The number of halogens is 1. The number of aromatic nitrogens is 1. The molecule has 12 heteroatoms. The summed E-state index contributed by atoms with van der Waals surface area (Å²) in [6.07, 6.45) is 1.15. The first-order valence-electron chi connectivity index (χ1n) is 14.8. The first-order chi connectivity index (χ1) is 20.4. The summed E-state index contributed by atoms with van der Waals surface area (Å²) >= 11 is 8.03. The van der Waals surface area contributed by atoms with E-state index in [0.29, 0.717) is 28.3 Å². The predicted molar refractivity (Wildman–Crippen MR) is 160 cm³/mol. The number of hydroxylamine groups is 1. The second-order valence-electron chi connectivity index (χ2n) is 12.3. The van der Waals surface area contributed by atoms with Crippen LogP contribution in [0.15, 0.2) is 35.2 Å². The molecule has 6 rings (SSSR count). The van der Waals surface area contributed by atoms with E-state index in [2.05, 4.69) is 12.2 Å². The summed E-state index contributed by atoms with van der Waals surface area (Å²) in [5, 5.41) is 32.4. The van der Waals surface area contributed by atoms with E-state index >= 15 is 0 Å². The number of aryl methyl sites for hydroxylation is 1. The van der Waals surface area contributed by atoms with Gasteiger partial charge in [0, 0.05) is 43.2 Å². The summed E-state index contributed by atoms with van der Waals surface area (Å²) in [7, 11) is 1.68. The van der Waals surface area contributed by atoms with Gasteiger partial charge in [-0.05, 0) is 43.7 Å². The quantitative estimate of drug-likeness (QED) is 0.329. The first kappa shape index (κ1) is 30.5. The Hall–Kier alpha value is -2.54. The van der Waals surface area contributed by atoms with Gasteiger partial charge in [0.25, 0.3) is 0 Å². The molecule has 0 amide bonds. The third-order valence-electron chi connectivity index (χ3n) is 9.70. The van der Waals surface area contributed by atoms with Gasteiger partial charge in [-0.25, -0.2) is 4.98 Å². The lowest BCUT2D eigenvalue weighted by Crippen LogP contribution is -2.65. The summed E-state index contributed by atoms with van der Waals surface area (Å²) in [4.78, 5) is 37.0. The van der Waals surface area contributed by atoms with Crippen molar-refractivity contribution in [3.63, 3.8) is 0 Å². The Balaban J connectivity index is 1.33. The Bertz CT molecular complexity index is 1470. The number of ether oxygens (including phenoxy) is 2. The highest BCUT2D eigenvalue weighted by atomic mass is 35.5. The van der Waals surface area contributed by atoms with Gasteiger partial charge in [-0.3, -0.25) is 24.8 Å². The number of esters is 2. The monoisotopic (exact) mass is 631 g/mol. The van der Waals surface area contributed by atoms with Crippen LogP contribution in [-0.4, -0.2) is 64.3 Å². The highest BCUT2D eigenvalue weighted by molar-refractivity contribution is 7.09. The molecule has 3 N–H and O–H groups in total. The molecule has 232 valence electrons. The molecule has 43 heavy (non-hydrogen) atoms. The second kappa shape index (κ2) is 11.1. The summed E-state index contributed by atoms with van der Waals surface area (Å²) in [6.45, 7) is 7.13. The van der Waals surface area contributed by atoms with Crippen LogP contribution in [0.4, 0.5) is 5.69 Å². The number of nitrogens with zero attached hydrogens (tertiary/aromatic N) is 2. The maximum absolute atomic E-state index is 13.9. The largest absolute Gasteiger partial charge is 0.454 e. The van der Waals surface area contributed by atoms with Crippen LogP contribution in [0.3, 0.4) is 0 Å². The average molecular weight is 632 g/mol. The van der Waals surface area contributed by atoms with Gasteiger partial charge in [0.1, 0.15) is 17.2 Å². The van der Waals surface area contributed by atoms with Crippen molar-refractivity contribution >= 4 is 40.6 Å². The van der Waals surface area contributed by atoms with E-state index in [4.69, 9.17) is 30.9 Å². The van der Waals surface area contributed by atoms with Crippen LogP contribution in [0.5, 0.6) is 0 Å². The van der Waals surface area contributed by atoms with Gasteiger partial charge in [0.15, 0.2) is 18.4 Å². The lowest BCUT2D eigenvalue weighted by atomic mass is 9.57. The molecule has 3 heterocycles. The first-order valence-corrected chi connectivity index (χ1v) is 16.0. The van der Waals surface area contributed by atoms with Crippen molar-refractivity contribution in [1.82, 2.24) is 10.3 Å². The van der Waals surface area contributed by atoms with Crippen LogP contribution in [0.1, 0.15) is 69.1 Å².